The maximum atomic E-state index is 8.90. The summed E-state index contributed by atoms with van der Waals surface area (Å²) in [5.41, 5.74) is 0. The van der Waals surface area contributed by atoms with E-state index in [0.29, 0.717) is 6.54 Å². The van der Waals surface area contributed by atoms with Crippen molar-refractivity contribution in [1.82, 2.24) is 5.32 Å². The van der Waals surface area contributed by atoms with Crippen LogP contribution in [0.1, 0.15) is 19.3 Å². The van der Waals surface area contributed by atoms with Crippen molar-refractivity contribution in [3.8, 4) is 0 Å². The zero-order chi connectivity index (χ0) is 9.94. The first-order chi connectivity index (χ1) is 6.31. The molecule has 76 valence electrons. The second kappa shape index (κ2) is 9.38. The van der Waals surface area contributed by atoms with Crippen LogP contribution in [0.3, 0.4) is 0 Å². The van der Waals surface area contributed by atoms with Gasteiger partial charge in [0.2, 0.25) is 0 Å². The molecule has 0 heterocycles. The molecule has 13 heavy (non-hydrogen) atoms. The van der Waals surface area contributed by atoms with Crippen LogP contribution >= 0.6 is 0 Å². The molecular formula is C9H18N2O2. The van der Waals surface area contributed by atoms with E-state index in [4.69, 9.17) is 10.2 Å². The van der Waals surface area contributed by atoms with E-state index < -0.39 is 6.23 Å². The molecule has 0 amide bonds. The third kappa shape index (κ3) is 9.20. The molecule has 4 nitrogen and oxygen atoms in total. The number of hydrogen-bond acceptors (Lipinski definition) is 4. The fraction of sp³-hybridized carbons (Fsp3) is 0.667. The molecule has 0 aromatic carbocycles. The minimum Gasteiger partial charge on any atom is -0.392 e. The molecule has 0 aliphatic rings. The predicted octanol–water partition coefficient (Wildman–Crippen LogP) is 0.271. The molecular weight excluding hydrogens is 168 g/mol. The van der Waals surface area contributed by atoms with Crippen molar-refractivity contribution in [2.45, 2.75) is 25.5 Å². The molecule has 0 aliphatic heterocycles. The van der Waals surface area contributed by atoms with Gasteiger partial charge in [0.1, 0.15) is 6.23 Å². The third-order valence-electron chi connectivity index (χ3n) is 1.52. The Hall–Kier alpha value is -0.710. The molecule has 0 bridgehead atoms. The van der Waals surface area contributed by atoms with Gasteiger partial charge in [-0.3, -0.25) is 10.3 Å². The van der Waals surface area contributed by atoms with Gasteiger partial charge in [-0.1, -0.05) is 6.58 Å². The Balaban J connectivity index is 3.07. The van der Waals surface area contributed by atoms with Crippen LogP contribution in [0.5, 0.6) is 0 Å². The van der Waals surface area contributed by atoms with Crippen LogP contribution in [-0.2, 0) is 0 Å². The van der Waals surface area contributed by atoms with E-state index >= 15 is 0 Å². The molecule has 1 unspecified atom stereocenters. The van der Waals surface area contributed by atoms with Crippen molar-refractivity contribution < 1.29 is 10.2 Å². The van der Waals surface area contributed by atoms with Crippen LogP contribution in [-0.4, -0.2) is 35.8 Å². The molecule has 3 N–H and O–H groups in total. The minimum atomic E-state index is -0.790. The van der Waals surface area contributed by atoms with Gasteiger partial charge in [0, 0.05) is 12.4 Å². The minimum absolute atomic E-state index is 0.238. The number of rotatable bonds is 8. The van der Waals surface area contributed by atoms with Gasteiger partial charge >= 0.3 is 0 Å². The van der Waals surface area contributed by atoms with Gasteiger partial charge in [0.05, 0.1) is 6.61 Å². The van der Waals surface area contributed by atoms with Crippen molar-refractivity contribution in [3.63, 3.8) is 0 Å². The molecule has 0 fully saturated rings. The SMILES string of the molecule is C=C/N=C\CCCCNC(O)CO. The van der Waals surface area contributed by atoms with Crippen molar-refractivity contribution in [2.75, 3.05) is 13.2 Å². The molecule has 0 aromatic heterocycles. The molecule has 0 aliphatic carbocycles. The van der Waals surface area contributed by atoms with Gasteiger partial charge in [0.15, 0.2) is 0 Å². The van der Waals surface area contributed by atoms with E-state index in [1.54, 1.807) is 0 Å². The Kier molecular flexibility index (Phi) is 8.87. The maximum absolute atomic E-state index is 8.90. The summed E-state index contributed by atoms with van der Waals surface area (Å²) < 4.78 is 0. The van der Waals surface area contributed by atoms with E-state index in [9.17, 15) is 0 Å². The van der Waals surface area contributed by atoms with Crippen LogP contribution in [0, 0.1) is 0 Å². The molecule has 0 radical (unpaired) electrons. The smallest absolute Gasteiger partial charge is 0.128 e. The van der Waals surface area contributed by atoms with Crippen molar-refractivity contribution in [3.05, 3.63) is 12.8 Å². The first-order valence-corrected chi connectivity index (χ1v) is 4.46. The standard InChI is InChI=1S/C9H18N2O2/c1-2-10-6-4-3-5-7-11-9(13)8-12/h2,6,9,11-13H,1,3-5,7-8H2/b10-6-. The summed E-state index contributed by atoms with van der Waals surface area (Å²) in [5.74, 6) is 0. The number of aliphatic hydroxyl groups is 2. The molecule has 0 saturated carbocycles. The van der Waals surface area contributed by atoms with Crippen molar-refractivity contribution in [1.29, 1.82) is 0 Å². The summed E-state index contributed by atoms with van der Waals surface area (Å²) >= 11 is 0. The molecule has 4 heteroatoms. The predicted molar refractivity (Wildman–Crippen MR) is 53.6 cm³/mol. The quantitative estimate of drug-likeness (QED) is 0.290. The highest BCUT2D eigenvalue weighted by molar-refractivity contribution is 5.57. The van der Waals surface area contributed by atoms with E-state index in [2.05, 4.69) is 16.9 Å². The van der Waals surface area contributed by atoms with E-state index in [0.717, 1.165) is 19.3 Å². The Morgan fingerprint density at radius 1 is 1.46 bits per heavy atom. The van der Waals surface area contributed by atoms with Crippen molar-refractivity contribution >= 4 is 6.21 Å². The van der Waals surface area contributed by atoms with Crippen LogP contribution in [0.4, 0.5) is 0 Å². The number of aliphatic hydroxyl groups excluding tert-OH is 2. The highest BCUT2D eigenvalue weighted by Crippen LogP contribution is 1.91. The van der Waals surface area contributed by atoms with Gasteiger partial charge in [-0.05, 0) is 25.8 Å². The second-order valence-corrected chi connectivity index (χ2v) is 2.66. The Morgan fingerprint density at radius 3 is 2.85 bits per heavy atom. The van der Waals surface area contributed by atoms with Gasteiger partial charge in [0.25, 0.3) is 0 Å². The topological polar surface area (TPSA) is 64.9 Å². The summed E-state index contributed by atoms with van der Waals surface area (Å²) in [4.78, 5) is 3.85. The highest BCUT2D eigenvalue weighted by atomic mass is 16.3. The molecule has 0 rings (SSSR count). The van der Waals surface area contributed by atoms with E-state index in [-0.39, 0.29) is 6.61 Å². The lowest BCUT2D eigenvalue weighted by Crippen LogP contribution is -2.32. The van der Waals surface area contributed by atoms with Gasteiger partial charge in [-0.25, -0.2) is 0 Å². The molecule has 0 aromatic rings. The van der Waals surface area contributed by atoms with Crippen molar-refractivity contribution in [2.24, 2.45) is 4.99 Å². The average Bonchev–Trinajstić information content (AvgIpc) is 2.16. The first-order valence-electron chi connectivity index (χ1n) is 4.46. The zero-order valence-electron chi connectivity index (χ0n) is 7.82. The molecule has 0 spiro atoms. The lowest BCUT2D eigenvalue weighted by molar-refractivity contribution is 0.0680. The van der Waals surface area contributed by atoms with Crippen LogP contribution < -0.4 is 5.32 Å². The Bertz CT molecular complexity index is 149. The number of hydrogen-bond donors (Lipinski definition) is 3. The zero-order valence-corrected chi connectivity index (χ0v) is 7.82. The van der Waals surface area contributed by atoms with Crippen LogP contribution in [0.25, 0.3) is 0 Å². The number of nitrogens with zero attached hydrogens (tertiary/aromatic N) is 1. The maximum Gasteiger partial charge on any atom is 0.128 e. The first kappa shape index (κ1) is 12.3. The number of nitrogens with one attached hydrogen (secondary N) is 1. The summed E-state index contributed by atoms with van der Waals surface area (Å²) in [7, 11) is 0. The summed E-state index contributed by atoms with van der Waals surface area (Å²) in [6.07, 6.45) is 5.43. The monoisotopic (exact) mass is 186 g/mol. The summed E-state index contributed by atoms with van der Waals surface area (Å²) in [6, 6.07) is 0. The Morgan fingerprint density at radius 2 is 2.23 bits per heavy atom. The van der Waals surface area contributed by atoms with E-state index in [1.807, 2.05) is 6.21 Å². The summed E-state index contributed by atoms with van der Waals surface area (Å²) in [6.45, 7) is 3.93. The lowest BCUT2D eigenvalue weighted by atomic mass is 10.2. The highest BCUT2D eigenvalue weighted by Gasteiger charge is 1.97. The van der Waals surface area contributed by atoms with Gasteiger partial charge < -0.3 is 10.2 Å². The number of aliphatic imine (C=N–C) groups is 1. The lowest BCUT2D eigenvalue weighted by Gasteiger charge is -2.08. The second-order valence-electron chi connectivity index (χ2n) is 2.66. The molecule has 0 saturated heterocycles. The van der Waals surface area contributed by atoms with Crippen LogP contribution in [0.15, 0.2) is 17.8 Å². The van der Waals surface area contributed by atoms with Gasteiger partial charge in [-0.2, -0.15) is 0 Å². The van der Waals surface area contributed by atoms with Crippen LogP contribution in [0.2, 0.25) is 0 Å². The largest absolute Gasteiger partial charge is 0.392 e. The van der Waals surface area contributed by atoms with Gasteiger partial charge in [-0.15, -0.1) is 0 Å². The Labute approximate surface area is 79.0 Å². The average molecular weight is 186 g/mol. The fourth-order valence-electron chi connectivity index (χ4n) is 0.843. The normalized spacial score (nSPS) is 13.4. The molecule has 1 atom stereocenters. The third-order valence-corrected chi connectivity index (χ3v) is 1.52. The van der Waals surface area contributed by atoms with E-state index in [1.165, 1.54) is 6.20 Å². The summed E-state index contributed by atoms with van der Waals surface area (Å²) in [5, 5.41) is 20.1. The fourth-order valence-corrected chi connectivity index (χ4v) is 0.843. The number of unbranched alkanes of at least 4 members (excludes halogenated alkanes) is 2.